The van der Waals surface area contributed by atoms with Gasteiger partial charge in [-0.3, -0.25) is 9.59 Å². The number of Topliss-reactive ketones (excluding diaryl/α,β-unsaturated/α-hetero) is 1. The Kier molecular flexibility index (Phi) is 9.02. The Labute approximate surface area is 262 Å². The summed E-state index contributed by atoms with van der Waals surface area (Å²) in [5, 5.41) is 0. The van der Waals surface area contributed by atoms with Crippen molar-refractivity contribution in [1.82, 2.24) is 0 Å². The Morgan fingerprint density at radius 1 is 1.18 bits per heavy atom. The van der Waals surface area contributed by atoms with E-state index in [1.54, 1.807) is 20.1 Å². The summed E-state index contributed by atoms with van der Waals surface area (Å²) in [5.74, 6) is 0.972. The molecule has 7 nitrogen and oxygen atoms in total. The second-order valence-corrected chi connectivity index (χ2v) is 15.8. The summed E-state index contributed by atoms with van der Waals surface area (Å²) < 4.78 is 30.8. The molecule has 236 valence electrons. The van der Waals surface area contributed by atoms with E-state index >= 15 is 0 Å². The first-order valence-electron chi connectivity index (χ1n) is 16.3. The van der Waals surface area contributed by atoms with Crippen LogP contribution in [-0.2, 0) is 31.1 Å². The monoisotopic (exact) mass is 618 g/mol. The molecular formula is C36H46N2O5S. The number of carbonyl (C=O) groups is 2. The third-order valence-electron chi connectivity index (χ3n) is 10.3. The smallest absolute Gasteiger partial charge is 0.285 e. The van der Waals surface area contributed by atoms with Crippen molar-refractivity contribution in [2.24, 2.45) is 16.2 Å². The van der Waals surface area contributed by atoms with Crippen molar-refractivity contribution in [3.05, 3.63) is 70.8 Å². The van der Waals surface area contributed by atoms with E-state index in [1.165, 1.54) is 16.7 Å². The number of ketones is 1. The Bertz CT molecular complexity index is 1570. The molecule has 2 heterocycles. The van der Waals surface area contributed by atoms with E-state index in [0.717, 1.165) is 56.6 Å². The van der Waals surface area contributed by atoms with Crippen LogP contribution in [0, 0.1) is 18.8 Å². The van der Waals surface area contributed by atoms with Crippen LogP contribution in [-0.4, -0.2) is 60.3 Å². The molecule has 4 aliphatic rings. The predicted molar refractivity (Wildman–Crippen MR) is 175 cm³/mol. The number of ether oxygens (including phenoxy) is 2. The van der Waals surface area contributed by atoms with Crippen molar-refractivity contribution >= 4 is 27.1 Å². The van der Waals surface area contributed by atoms with E-state index in [0.29, 0.717) is 36.8 Å². The summed E-state index contributed by atoms with van der Waals surface area (Å²) >= 11 is 0. The Hall–Kier alpha value is -2.97. The molecule has 8 heteroatoms. The summed E-state index contributed by atoms with van der Waals surface area (Å²) in [6, 6.07) is 12.4. The number of nitrogens with zero attached hydrogens (tertiary/aromatic N) is 2. The number of hydrogen-bond donors (Lipinski definition) is 0. The molecule has 2 bridgehead atoms. The van der Waals surface area contributed by atoms with Crippen LogP contribution in [0.5, 0.6) is 5.75 Å². The fourth-order valence-corrected chi connectivity index (χ4v) is 9.74. The zero-order chi connectivity index (χ0) is 30.9. The lowest BCUT2D eigenvalue weighted by Crippen LogP contribution is -2.49. The third kappa shape index (κ3) is 6.25. The van der Waals surface area contributed by atoms with E-state index in [9.17, 15) is 13.8 Å². The van der Waals surface area contributed by atoms with Crippen LogP contribution >= 0.6 is 0 Å². The van der Waals surface area contributed by atoms with Gasteiger partial charge >= 0.3 is 0 Å². The van der Waals surface area contributed by atoms with Crippen LogP contribution in [0.3, 0.4) is 0 Å². The zero-order valence-corrected chi connectivity index (χ0v) is 27.2. The normalized spacial score (nSPS) is 31.0. The average molecular weight is 619 g/mol. The molecular weight excluding hydrogens is 572 g/mol. The topological polar surface area (TPSA) is 85.3 Å². The lowest BCUT2D eigenvalue weighted by molar-refractivity contribution is -0.116. The average Bonchev–Trinajstić information content (AvgIpc) is 3.14. The number of fused-ring (bicyclic) bond motifs is 4. The Morgan fingerprint density at radius 3 is 2.82 bits per heavy atom. The maximum Gasteiger partial charge on any atom is 0.285 e. The highest BCUT2D eigenvalue weighted by molar-refractivity contribution is 7.94. The van der Waals surface area contributed by atoms with Gasteiger partial charge in [0.1, 0.15) is 11.5 Å². The SMILES string of the molecule is CCC(=O)C[S@@]1(=O)=NC(=O)c2ccc3c(c2)N(C[C@@H]2CC[C@H]2[C@@H](OC)/C=C/CCC1)C[C@@]1(CCCc2cc(C)ccc21)CO3. The van der Waals surface area contributed by atoms with Crippen molar-refractivity contribution in [2.45, 2.75) is 76.7 Å². The minimum Gasteiger partial charge on any atom is -0.490 e. The van der Waals surface area contributed by atoms with Gasteiger partial charge < -0.3 is 14.4 Å². The number of anilines is 1. The molecule has 2 aromatic rings. The highest BCUT2D eigenvalue weighted by Crippen LogP contribution is 2.46. The predicted octanol–water partition coefficient (Wildman–Crippen LogP) is 6.45. The maximum atomic E-state index is 13.9. The Morgan fingerprint density at radius 2 is 2.05 bits per heavy atom. The zero-order valence-electron chi connectivity index (χ0n) is 26.4. The number of hydrogen-bond acceptors (Lipinski definition) is 6. The van der Waals surface area contributed by atoms with Crippen LogP contribution in [0.15, 0.2) is 52.9 Å². The van der Waals surface area contributed by atoms with Gasteiger partial charge in [-0.15, -0.1) is 0 Å². The van der Waals surface area contributed by atoms with Crippen molar-refractivity contribution in [3.63, 3.8) is 0 Å². The summed E-state index contributed by atoms with van der Waals surface area (Å²) in [6.45, 7) is 6.12. The molecule has 0 saturated heterocycles. The van der Waals surface area contributed by atoms with Crippen molar-refractivity contribution in [1.29, 1.82) is 0 Å². The molecule has 2 aliphatic carbocycles. The first-order chi connectivity index (χ1) is 21.2. The molecule has 0 radical (unpaired) electrons. The van der Waals surface area contributed by atoms with Crippen molar-refractivity contribution < 1.29 is 23.3 Å². The lowest BCUT2D eigenvalue weighted by atomic mass is 9.68. The quantitative estimate of drug-likeness (QED) is 0.367. The molecule has 44 heavy (non-hydrogen) atoms. The van der Waals surface area contributed by atoms with E-state index in [2.05, 4.69) is 46.5 Å². The molecule has 5 atom stereocenters. The molecule has 0 N–H and O–H groups in total. The minimum absolute atomic E-state index is 0.0142. The van der Waals surface area contributed by atoms with Crippen LogP contribution < -0.4 is 9.64 Å². The molecule has 6 rings (SSSR count). The number of benzene rings is 2. The van der Waals surface area contributed by atoms with Crippen LogP contribution in [0.1, 0.15) is 78.9 Å². The van der Waals surface area contributed by atoms with Crippen LogP contribution in [0.4, 0.5) is 5.69 Å². The van der Waals surface area contributed by atoms with Gasteiger partial charge in [0.05, 0.1) is 33.9 Å². The summed E-state index contributed by atoms with van der Waals surface area (Å²) in [6.07, 6.45) is 11.3. The summed E-state index contributed by atoms with van der Waals surface area (Å²) in [4.78, 5) is 28.5. The van der Waals surface area contributed by atoms with Crippen LogP contribution in [0.2, 0.25) is 0 Å². The number of carbonyl (C=O) groups excluding carboxylic acids is 2. The standard InChI is InChI=1S/C36H46N2O5S/c1-4-29(39)22-44(41)18-7-5-6-10-33(42-3)30-14-12-28(30)21-38-23-36(17-8-9-26-19-25(2)11-15-31(26)36)24-43-34-16-13-27(20-32(34)38)35(40)37-44/h6,10-11,13,15-16,19-20,28,30,33H,4-5,7-9,12,14,17-18,21-24H2,1-3H3/b10-6+/t28-,30+,33-,36-,44+/m0/s1. The first kappa shape index (κ1) is 31.0. The largest absolute Gasteiger partial charge is 0.490 e. The number of rotatable bonds is 4. The van der Waals surface area contributed by atoms with Gasteiger partial charge in [-0.05, 0) is 93.0 Å². The minimum atomic E-state index is -3.04. The number of methoxy groups -OCH3 is 1. The molecule has 1 fully saturated rings. The molecule has 1 spiro atoms. The van der Waals surface area contributed by atoms with Crippen LogP contribution in [0.25, 0.3) is 0 Å². The van der Waals surface area contributed by atoms with Crippen molar-refractivity contribution in [3.8, 4) is 5.75 Å². The summed E-state index contributed by atoms with van der Waals surface area (Å²) in [5.41, 5.74) is 5.19. The number of allylic oxidation sites excluding steroid dienone is 1. The highest BCUT2D eigenvalue weighted by atomic mass is 32.2. The second kappa shape index (κ2) is 12.8. The van der Waals surface area contributed by atoms with Gasteiger partial charge in [0.15, 0.2) is 0 Å². The Balaban J connectivity index is 1.44. The third-order valence-corrected chi connectivity index (χ3v) is 12.5. The molecule has 0 unspecified atom stereocenters. The van der Waals surface area contributed by atoms with E-state index in [-0.39, 0.29) is 35.2 Å². The molecule has 2 aromatic carbocycles. The molecule has 0 aromatic heterocycles. The van der Waals surface area contributed by atoms with E-state index in [4.69, 9.17) is 9.47 Å². The lowest BCUT2D eigenvalue weighted by Gasteiger charge is -2.46. The van der Waals surface area contributed by atoms with E-state index in [1.807, 2.05) is 12.1 Å². The molecule has 1 amide bonds. The van der Waals surface area contributed by atoms with Gasteiger partial charge in [-0.1, -0.05) is 42.8 Å². The highest BCUT2D eigenvalue weighted by Gasteiger charge is 2.44. The molecule has 1 saturated carbocycles. The maximum absolute atomic E-state index is 13.9. The van der Waals surface area contributed by atoms with Gasteiger partial charge in [0, 0.05) is 43.4 Å². The van der Waals surface area contributed by atoms with Gasteiger partial charge in [0.25, 0.3) is 5.91 Å². The summed E-state index contributed by atoms with van der Waals surface area (Å²) in [7, 11) is -1.25. The van der Waals surface area contributed by atoms with E-state index < -0.39 is 15.6 Å². The van der Waals surface area contributed by atoms with Gasteiger partial charge in [0.2, 0.25) is 0 Å². The van der Waals surface area contributed by atoms with Gasteiger partial charge in [-0.2, -0.15) is 4.36 Å². The first-order valence-corrected chi connectivity index (χ1v) is 18.2. The van der Waals surface area contributed by atoms with Crippen molar-refractivity contribution in [2.75, 3.05) is 43.2 Å². The van der Waals surface area contributed by atoms with Gasteiger partial charge in [-0.25, -0.2) is 4.21 Å². The number of amides is 1. The fourth-order valence-electron chi connectivity index (χ4n) is 7.71. The molecule has 2 aliphatic heterocycles. The fraction of sp³-hybridized carbons (Fsp3) is 0.556. The second-order valence-electron chi connectivity index (χ2n) is 13.3. The number of aryl methyl sites for hydroxylation is 2.